The SMILES string of the molecule is Cc1ccc(NC(=O)c2cc(-n3cc(NC(=O)Nc4ccccc4Cl)cn3)ccc2F)nc1. The molecule has 0 bridgehead atoms. The van der Waals surface area contributed by atoms with Crippen LogP contribution in [0.1, 0.15) is 15.9 Å². The number of anilines is 3. The van der Waals surface area contributed by atoms with Crippen LogP contribution in [0, 0.1) is 12.7 Å². The molecule has 0 aliphatic heterocycles. The number of nitrogens with zero attached hydrogens (tertiary/aromatic N) is 3. The summed E-state index contributed by atoms with van der Waals surface area (Å²) in [6.45, 7) is 1.87. The molecule has 3 amide bonds. The molecule has 4 rings (SSSR count). The number of hydrogen-bond donors (Lipinski definition) is 3. The Bertz CT molecular complexity index is 1320. The lowest BCUT2D eigenvalue weighted by Crippen LogP contribution is -2.19. The van der Waals surface area contributed by atoms with Gasteiger partial charge in [0.2, 0.25) is 0 Å². The van der Waals surface area contributed by atoms with Crippen molar-refractivity contribution in [3.05, 3.63) is 95.2 Å². The maximum atomic E-state index is 14.3. The predicted octanol–water partition coefficient (Wildman–Crippen LogP) is 5.26. The van der Waals surface area contributed by atoms with Gasteiger partial charge in [-0.3, -0.25) is 4.79 Å². The smallest absolute Gasteiger partial charge is 0.306 e. The zero-order valence-electron chi connectivity index (χ0n) is 17.3. The van der Waals surface area contributed by atoms with E-state index in [2.05, 4.69) is 26.0 Å². The lowest BCUT2D eigenvalue weighted by molar-refractivity contribution is 0.102. The van der Waals surface area contributed by atoms with Crippen LogP contribution in [-0.2, 0) is 0 Å². The van der Waals surface area contributed by atoms with Crippen molar-refractivity contribution >= 4 is 40.7 Å². The number of carbonyl (C=O) groups is 2. The van der Waals surface area contributed by atoms with Crippen LogP contribution < -0.4 is 16.0 Å². The van der Waals surface area contributed by atoms with E-state index in [0.29, 0.717) is 27.9 Å². The van der Waals surface area contributed by atoms with Gasteiger partial charge in [-0.2, -0.15) is 5.10 Å². The maximum absolute atomic E-state index is 14.3. The molecule has 166 valence electrons. The summed E-state index contributed by atoms with van der Waals surface area (Å²) in [4.78, 5) is 28.9. The first-order valence-corrected chi connectivity index (χ1v) is 10.2. The van der Waals surface area contributed by atoms with Gasteiger partial charge >= 0.3 is 6.03 Å². The van der Waals surface area contributed by atoms with E-state index in [1.54, 1.807) is 42.6 Å². The van der Waals surface area contributed by atoms with Gasteiger partial charge in [0, 0.05) is 6.20 Å². The summed E-state index contributed by atoms with van der Waals surface area (Å²) >= 11 is 6.04. The predicted molar refractivity (Wildman–Crippen MR) is 125 cm³/mol. The highest BCUT2D eigenvalue weighted by atomic mass is 35.5. The molecule has 0 unspecified atom stereocenters. The van der Waals surface area contributed by atoms with Crippen molar-refractivity contribution in [1.82, 2.24) is 14.8 Å². The number of urea groups is 1. The van der Waals surface area contributed by atoms with Gasteiger partial charge in [-0.1, -0.05) is 29.8 Å². The van der Waals surface area contributed by atoms with Crippen LogP contribution in [0.2, 0.25) is 5.02 Å². The number of rotatable bonds is 5. The van der Waals surface area contributed by atoms with Crippen LogP contribution in [0.25, 0.3) is 5.69 Å². The minimum Gasteiger partial charge on any atom is -0.306 e. The maximum Gasteiger partial charge on any atom is 0.323 e. The molecule has 0 aliphatic rings. The minimum absolute atomic E-state index is 0.170. The van der Waals surface area contributed by atoms with Gasteiger partial charge in [0.25, 0.3) is 5.91 Å². The average Bonchev–Trinajstić information content (AvgIpc) is 3.25. The normalized spacial score (nSPS) is 10.5. The molecule has 4 aromatic rings. The van der Waals surface area contributed by atoms with E-state index in [-0.39, 0.29) is 5.56 Å². The van der Waals surface area contributed by atoms with Crippen molar-refractivity contribution in [2.75, 3.05) is 16.0 Å². The summed E-state index contributed by atoms with van der Waals surface area (Å²) in [5.74, 6) is -1.02. The van der Waals surface area contributed by atoms with Crippen molar-refractivity contribution in [3.63, 3.8) is 0 Å². The van der Waals surface area contributed by atoms with Gasteiger partial charge in [0.1, 0.15) is 11.6 Å². The number of aromatic nitrogens is 3. The van der Waals surface area contributed by atoms with Crippen molar-refractivity contribution in [2.45, 2.75) is 6.92 Å². The molecule has 8 nitrogen and oxygen atoms in total. The Morgan fingerprint density at radius 1 is 1.00 bits per heavy atom. The van der Waals surface area contributed by atoms with E-state index in [0.717, 1.165) is 5.56 Å². The van der Waals surface area contributed by atoms with Gasteiger partial charge in [0.05, 0.1) is 40.0 Å². The van der Waals surface area contributed by atoms with Gasteiger partial charge < -0.3 is 16.0 Å². The molecule has 0 spiro atoms. The Morgan fingerprint density at radius 2 is 1.82 bits per heavy atom. The molecule has 0 saturated heterocycles. The molecule has 33 heavy (non-hydrogen) atoms. The second kappa shape index (κ2) is 9.49. The zero-order valence-corrected chi connectivity index (χ0v) is 18.1. The van der Waals surface area contributed by atoms with E-state index in [4.69, 9.17) is 11.6 Å². The van der Waals surface area contributed by atoms with Crippen LogP contribution in [0.15, 0.2) is 73.2 Å². The standard InChI is InChI=1S/C23H18ClFN6O2/c1-14-6-9-21(26-11-14)30-22(32)17-10-16(7-8-19(17)25)31-13-15(12-27-31)28-23(33)29-20-5-3-2-4-18(20)24/h2-13H,1H3,(H,26,30,32)(H2,28,29,33). The molecular weight excluding hydrogens is 447 g/mol. The first-order chi connectivity index (χ1) is 15.9. The van der Waals surface area contributed by atoms with E-state index < -0.39 is 17.8 Å². The van der Waals surface area contributed by atoms with E-state index in [9.17, 15) is 14.0 Å². The average molecular weight is 465 g/mol. The molecule has 0 atom stereocenters. The topological polar surface area (TPSA) is 101 Å². The number of aryl methyl sites for hydroxylation is 1. The first kappa shape index (κ1) is 22.0. The fraction of sp³-hybridized carbons (Fsp3) is 0.0435. The lowest BCUT2D eigenvalue weighted by Gasteiger charge is -2.08. The summed E-state index contributed by atoms with van der Waals surface area (Å²) < 4.78 is 15.7. The van der Waals surface area contributed by atoms with Crippen molar-refractivity contribution in [1.29, 1.82) is 0 Å². The van der Waals surface area contributed by atoms with Gasteiger partial charge in [-0.05, 0) is 48.9 Å². The summed E-state index contributed by atoms with van der Waals surface area (Å²) in [6.07, 6.45) is 4.55. The minimum atomic E-state index is -0.687. The third kappa shape index (κ3) is 5.34. The lowest BCUT2D eigenvalue weighted by atomic mass is 10.1. The second-order valence-electron chi connectivity index (χ2n) is 7.07. The second-order valence-corrected chi connectivity index (χ2v) is 7.48. The Hall–Kier alpha value is -4.24. The van der Waals surface area contributed by atoms with Crippen LogP contribution in [0.5, 0.6) is 0 Å². The quantitative estimate of drug-likeness (QED) is 0.374. The highest BCUT2D eigenvalue weighted by Crippen LogP contribution is 2.21. The summed E-state index contributed by atoms with van der Waals surface area (Å²) in [7, 11) is 0. The molecule has 0 aliphatic carbocycles. The molecule has 0 fully saturated rings. The van der Waals surface area contributed by atoms with E-state index >= 15 is 0 Å². The van der Waals surface area contributed by atoms with Crippen LogP contribution in [0.4, 0.5) is 26.4 Å². The largest absolute Gasteiger partial charge is 0.323 e. The van der Waals surface area contributed by atoms with Crippen LogP contribution >= 0.6 is 11.6 Å². The van der Waals surface area contributed by atoms with Crippen molar-refractivity contribution in [2.24, 2.45) is 0 Å². The third-order valence-electron chi connectivity index (χ3n) is 4.57. The molecule has 10 heteroatoms. The van der Waals surface area contributed by atoms with Crippen molar-refractivity contribution in [3.8, 4) is 5.69 Å². The number of halogens is 2. The number of carbonyl (C=O) groups excluding carboxylic acids is 2. The zero-order chi connectivity index (χ0) is 23.4. The number of pyridine rings is 1. The van der Waals surface area contributed by atoms with Gasteiger partial charge in [-0.25, -0.2) is 18.9 Å². The van der Waals surface area contributed by atoms with Gasteiger partial charge in [-0.15, -0.1) is 0 Å². The third-order valence-corrected chi connectivity index (χ3v) is 4.90. The Morgan fingerprint density at radius 3 is 2.58 bits per heavy atom. The monoisotopic (exact) mass is 464 g/mol. The van der Waals surface area contributed by atoms with Crippen LogP contribution in [-0.4, -0.2) is 26.7 Å². The number of hydrogen-bond acceptors (Lipinski definition) is 4. The van der Waals surface area contributed by atoms with E-state index in [1.165, 1.54) is 35.3 Å². The molecule has 0 radical (unpaired) electrons. The van der Waals surface area contributed by atoms with Crippen molar-refractivity contribution < 1.29 is 14.0 Å². The molecule has 3 N–H and O–H groups in total. The van der Waals surface area contributed by atoms with Gasteiger partial charge in [0.15, 0.2) is 0 Å². The Balaban J connectivity index is 1.47. The summed E-state index contributed by atoms with van der Waals surface area (Å²) in [6, 6.07) is 13.7. The summed E-state index contributed by atoms with van der Waals surface area (Å²) in [5, 5.41) is 12.4. The summed E-state index contributed by atoms with van der Waals surface area (Å²) in [5.41, 5.74) is 2.04. The number of amides is 3. The molecule has 2 heterocycles. The number of nitrogens with one attached hydrogen (secondary N) is 3. The molecule has 0 saturated carbocycles. The fourth-order valence-electron chi connectivity index (χ4n) is 2.93. The first-order valence-electron chi connectivity index (χ1n) is 9.80. The molecule has 2 aromatic carbocycles. The Kier molecular flexibility index (Phi) is 6.32. The highest BCUT2D eigenvalue weighted by molar-refractivity contribution is 6.33. The highest BCUT2D eigenvalue weighted by Gasteiger charge is 2.15. The fourth-order valence-corrected chi connectivity index (χ4v) is 3.11. The molecule has 2 aromatic heterocycles. The Labute approximate surface area is 193 Å². The molecular formula is C23H18ClFN6O2. The van der Waals surface area contributed by atoms with Crippen LogP contribution in [0.3, 0.4) is 0 Å². The van der Waals surface area contributed by atoms with E-state index in [1.807, 2.05) is 6.92 Å². The number of benzene rings is 2. The number of para-hydroxylation sites is 1.